The van der Waals surface area contributed by atoms with Crippen molar-refractivity contribution in [1.29, 1.82) is 5.26 Å². The third-order valence-corrected chi connectivity index (χ3v) is 6.65. The first kappa shape index (κ1) is 21.7. The van der Waals surface area contributed by atoms with Gasteiger partial charge in [0.05, 0.1) is 12.8 Å². The number of benzene rings is 2. The summed E-state index contributed by atoms with van der Waals surface area (Å²) >= 11 is 0. The first-order valence-electron chi connectivity index (χ1n) is 11.4. The molecule has 1 N–H and O–H groups in total. The lowest BCUT2D eigenvalue weighted by molar-refractivity contribution is -0.128. The molecule has 0 bridgehead atoms. The molecule has 1 saturated carbocycles. The van der Waals surface area contributed by atoms with Gasteiger partial charge in [-0.1, -0.05) is 12.1 Å². The molecule has 0 atom stereocenters. The largest absolute Gasteiger partial charge is 0.497 e. The Morgan fingerprint density at radius 1 is 1.18 bits per heavy atom. The van der Waals surface area contributed by atoms with E-state index in [1.807, 2.05) is 35.2 Å². The predicted molar refractivity (Wildman–Crippen MR) is 126 cm³/mol. The fraction of sp³-hybridized carbons (Fsp3) is 0.308. The van der Waals surface area contributed by atoms with Crippen LogP contribution in [0.25, 0.3) is 5.69 Å². The molecule has 2 amide bonds. The van der Waals surface area contributed by atoms with Crippen molar-refractivity contribution in [3.8, 4) is 17.5 Å². The molecule has 8 nitrogen and oxygen atoms in total. The van der Waals surface area contributed by atoms with E-state index in [1.54, 1.807) is 31.4 Å². The number of hydrogen-bond acceptors (Lipinski definition) is 5. The van der Waals surface area contributed by atoms with Crippen molar-refractivity contribution in [2.45, 2.75) is 31.1 Å². The van der Waals surface area contributed by atoms with Crippen molar-refractivity contribution in [3.05, 3.63) is 71.5 Å². The fourth-order valence-corrected chi connectivity index (χ4v) is 4.55. The van der Waals surface area contributed by atoms with Gasteiger partial charge >= 0.3 is 0 Å². The van der Waals surface area contributed by atoms with Crippen LogP contribution in [0.3, 0.4) is 0 Å². The van der Waals surface area contributed by atoms with E-state index in [2.05, 4.69) is 10.4 Å². The summed E-state index contributed by atoms with van der Waals surface area (Å²) in [5.41, 5.74) is 2.95. The van der Waals surface area contributed by atoms with Crippen LogP contribution in [0, 0.1) is 11.3 Å². The molecule has 3 aromatic rings. The summed E-state index contributed by atoms with van der Waals surface area (Å²) < 4.78 is 6.64. The summed E-state index contributed by atoms with van der Waals surface area (Å²) in [7, 11) is 1.58. The number of methoxy groups -OCH3 is 1. The van der Waals surface area contributed by atoms with Crippen LogP contribution >= 0.6 is 0 Å². The maximum absolute atomic E-state index is 13.1. The Kier molecular flexibility index (Phi) is 5.54. The van der Waals surface area contributed by atoms with Crippen LogP contribution in [0.2, 0.25) is 0 Å². The van der Waals surface area contributed by atoms with E-state index < -0.39 is 0 Å². The molecule has 1 aliphatic carbocycles. The number of carbonyl (C=O) groups is 2. The Morgan fingerprint density at radius 2 is 1.91 bits per heavy atom. The second-order valence-corrected chi connectivity index (χ2v) is 8.87. The molecule has 1 aromatic heterocycles. The fourth-order valence-electron chi connectivity index (χ4n) is 4.55. The van der Waals surface area contributed by atoms with Crippen molar-refractivity contribution in [2.75, 3.05) is 25.5 Å². The first-order chi connectivity index (χ1) is 16.5. The zero-order chi connectivity index (χ0) is 23.7. The smallest absolute Gasteiger partial charge is 0.274 e. The monoisotopic (exact) mass is 455 g/mol. The molecule has 2 heterocycles. The highest BCUT2D eigenvalue weighted by Crippen LogP contribution is 2.49. The zero-order valence-corrected chi connectivity index (χ0v) is 19.0. The molecule has 172 valence electrons. The molecular formula is C26H25N5O3. The van der Waals surface area contributed by atoms with Gasteiger partial charge in [-0.15, -0.1) is 0 Å². The standard InChI is InChI=1S/C26H25N5O3/c1-34-22-10-8-21(9-11-22)31-23(15-20(16-27)29-31)25(33)28-19-6-4-18(5-7-19)26(12-13-26)17-30-14-2-3-24(30)32/h4-11,15H,2-3,12-14,17H2,1H3,(H,28,33). The number of aromatic nitrogens is 2. The van der Waals surface area contributed by atoms with E-state index >= 15 is 0 Å². The summed E-state index contributed by atoms with van der Waals surface area (Å²) in [5, 5.41) is 16.5. The number of anilines is 1. The minimum Gasteiger partial charge on any atom is -0.497 e. The third-order valence-electron chi connectivity index (χ3n) is 6.65. The quantitative estimate of drug-likeness (QED) is 0.586. The number of amides is 2. The van der Waals surface area contributed by atoms with Crippen molar-refractivity contribution in [3.63, 3.8) is 0 Å². The summed E-state index contributed by atoms with van der Waals surface area (Å²) in [6.45, 7) is 1.62. The summed E-state index contributed by atoms with van der Waals surface area (Å²) in [6.07, 6.45) is 3.74. The SMILES string of the molecule is COc1ccc(-n2nc(C#N)cc2C(=O)Nc2ccc(C3(CN4CCCC4=O)CC3)cc2)cc1. The van der Waals surface area contributed by atoms with Gasteiger partial charge in [-0.2, -0.15) is 10.4 Å². The minimum atomic E-state index is -0.360. The molecule has 1 saturated heterocycles. The molecule has 8 heteroatoms. The average molecular weight is 456 g/mol. The zero-order valence-electron chi connectivity index (χ0n) is 19.0. The highest BCUT2D eigenvalue weighted by molar-refractivity contribution is 6.03. The van der Waals surface area contributed by atoms with E-state index in [1.165, 1.54) is 16.3 Å². The maximum atomic E-state index is 13.1. The highest BCUT2D eigenvalue weighted by atomic mass is 16.5. The average Bonchev–Trinajstić information content (AvgIpc) is 3.33. The lowest BCUT2D eigenvalue weighted by Crippen LogP contribution is -2.33. The van der Waals surface area contributed by atoms with Crippen LogP contribution in [0.1, 0.15) is 47.4 Å². The summed E-state index contributed by atoms with van der Waals surface area (Å²) in [6, 6.07) is 18.4. The Balaban J connectivity index is 1.32. The van der Waals surface area contributed by atoms with Crippen LogP contribution in [-0.2, 0) is 10.2 Å². The van der Waals surface area contributed by atoms with Gasteiger partial charge < -0.3 is 15.0 Å². The molecule has 2 fully saturated rings. The molecule has 5 rings (SSSR count). The van der Waals surface area contributed by atoms with Crippen LogP contribution in [0.5, 0.6) is 5.75 Å². The van der Waals surface area contributed by atoms with Crippen LogP contribution in [0.15, 0.2) is 54.6 Å². The highest BCUT2D eigenvalue weighted by Gasteiger charge is 2.46. The molecule has 0 radical (unpaired) electrons. The molecule has 0 spiro atoms. The first-order valence-corrected chi connectivity index (χ1v) is 11.4. The van der Waals surface area contributed by atoms with Gasteiger partial charge in [-0.25, -0.2) is 4.68 Å². The number of nitrogens with one attached hydrogen (secondary N) is 1. The van der Waals surface area contributed by atoms with Crippen molar-refractivity contribution < 1.29 is 14.3 Å². The van der Waals surface area contributed by atoms with E-state index in [0.29, 0.717) is 23.5 Å². The topological polar surface area (TPSA) is 100 Å². The minimum absolute atomic E-state index is 0.0389. The Labute approximate surface area is 197 Å². The van der Waals surface area contributed by atoms with Gasteiger partial charge in [-0.3, -0.25) is 9.59 Å². The number of ether oxygens (including phenoxy) is 1. The van der Waals surface area contributed by atoms with Gasteiger partial charge in [0, 0.05) is 36.7 Å². The van der Waals surface area contributed by atoms with Gasteiger partial charge in [0.15, 0.2) is 5.69 Å². The number of nitriles is 1. The molecule has 2 aliphatic rings. The number of likely N-dealkylation sites (tertiary alicyclic amines) is 1. The van der Waals surface area contributed by atoms with E-state index in [9.17, 15) is 14.9 Å². The molecule has 34 heavy (non-hydrogen) atoms. The normalized spacial score (nSPS) is 16.2. The Bertz CT molecular complexity index is 1270. The van der Waals surface area contributed by atoms with Gasteiger partial charge in [0.2, 0.25) is 5.91 Å². The van der Waals surface area contributed by atoms with Gasteiger partial charge in [0.1, 0.15) is 17.5 Å². The van der Waals surface area contributed by atoms with Crippen molar-refractivity contribution in [1.82, 2.24) is 14.7 Å². The second kappa shape index (κ2) is 8.67. The van der Waals surface area contributed by atoms with E-state index in [4.69, 9.17) is 4.74 Å². The van der Waals surface area contributed by atoms with Crippen molar-refractivity contribution in [2.24, 2.45) is 0 Å². The third kappa shape index (κ3) is 4.13. The van der Waals surface area contributed by atoms with E-state index in [0.717, 1.165) is 32.4 Å². The second-order valence-electron chi connectivity index (χ2n) is 8.87. The molecule has 2 aromatic carbocycles. The number of rotatable bonds is 7. The van der Waals surface area contributed by atoms with E-state index in [-0.39, 0.29) is 28.6 Å². The molecular weight excluding hydrogens is 430 g/mol. The summed E-state index contributed by atoms with van der Waals surface area (Å²) in [4.78, 5) is 27.1. The predicted octanol–water partition coefficient (Wildman–Crippen LogP) is 3.66. The number of nitrogens with zero attached hydrogens (tertiary/aromatic N) is 4. The van der Waals surface area contributed by atoms with Gasteiger partial charge in [0.25, 0.3) is 5.91 Å². The lowest BCUT2D eigenvalue weighted by atomic mass is 9.95. The maximum Gasteiger partial charge on any atom is 0.274 e. The van der Waals surface area contributed by atoms with Gasteiger partial charge in [-0.05, 0) is 61.2 Å². The Hall–Kier alpha value is -4.12. The van der Waals surface area contributed by atoms with Crippen LogP contribution < -0.4 is 10.1 Å². The van der Waals surface area contributed by atoms with Crippen molar-refractivity contribution >= 4 is 17.5 Å². The Morgan fingerprint density at radius 3 is 2.50 bits per heavy atom. The molecule has 0 unspecified atom stereocenters. The number of hydrogen-bond donors (Lipinski definition) is 1. The van der Waals surface area contributed by atoms with Crippen LogP contribution in [-0.4, -0.2) is 46.7 Å². The van der Waals surface area contributed by atoms with Crippen LogP contribution in [0.4, 0.5) is 5.69 Å². The summed E-state index contributed by atoms with van der Waals surface area (Å²) in [5.74, 6) is 0.576. The lowest BCUT2D eigenvalue weighted by Gasteiger charge is -2.24. The molecule has 1 aliphatic heterocycles. The number of carbonyl (C=O) groups excluding carboxylic acids is 2.